The molecule has 0 unspecified atom stereocenters. The Hall–Kier alpha value is -7.04. The topological polar surface area (TPSA) is 220 Å². The van der Waals surface area contributed by atoms with Gasteiger partial charge in [-0.2, -0.15) is 0 Å². The molecular formula is C36H32O17. The number of aryl methyl sites for hydroxylation is 1. The van der Waals surface area contributed by atoms with Crippen LogP contribution in [0.5, 0.6) is 23.0 Å². The fourth-order valence-corrected chi connectivity index (χ4v) is 4.30. The number of hydrogen-bond acceptors (Lipinski definition) is 17. The van der Waals surface area contributed by atoms with E-state index < -0.39 is 60.0 Å². The molecule has 2 atom stereocenters. The molecule has 0 N–H and O–H groups in total. The van der Waals surface area contributed by atoms with Crippen LogP contribution >= 0.6 is 0 Å². The van der Waals surface area contributed by atoms with E-state index >= 15 is 0 Å². The minimum Gasteiger partial charge on any atom is -0.481 e. The summed E-state index contributed by atoms with van der Waals surface area (Å²) in [7, 11) is 4.44. The standard InChI is InChI=1S/C36H32O17/c1-20-6-7-21(16-24(20)50-33(42)13-9-29(38)46-3)36-27(52-35(44)15-11-31(40)48-5)19-23-25(51-34(43)14-10-30(39)47-4)17-22(18-26(23)53-36)49-32(41)12-8-28(37)45-2/h6-18,27,36H,19H2,1-5H3/b12-8+,13-9+,14-10+,15-11+/t27-,36-/m1/s1. The maximum Gasteiger partial charge on any atom is 0.336 e. The van der Waals surface area contributed by atoms with E-state index in [1.807, 2.05) is 0 Å². The predicted molar refractivity (Wildman–Crippen MR) is 176 cm³/mol. The molecule has 0 bridgehead atoms. The number of rotatable bonds is 13. The molecule has 1 heterocycles. The van der Waals surface area contributed by atoms with E-state index in [1.165, 1.54) is 12.1 Å². The molecule has 1 aliphatic heterocycles. The van der Waals surface area contributed by atoms with E-state index in [0.717, 1.165) is 83.1 Å². The number of esters is 8. The molecule has 0 spiro atoms. The van der Waals surface area contributed by atoms with Gasteiger partial charge in [0.2, 0.25) is 0 Å². The number of fused-ring (bicyclic) bond motifs is 1. The molecule has 0 aliphatic carbocycles. The summed E-state index contributed by atoms with van der Waals surface area (Å²) in [6.45, 7) is 1.63. The van der Waals surface area contributed by atoms with Crippen molar-refractivity contribution in [3.05, 3.63) is 95.6 Å². The van der Waals surface area contributed by atoms with Crippen molar-refractivity contribution in [2.24, 2.45) is 0 Å². The molecule has 53 heavy (non-hydrogen) atoms. The lowest BCUT2D eigenvalue weighted by molar-refractivity contribution is -0.149. The van der Waals surface area contributed by atoms with E-state index in [0.29, 0.717) is 11.1 Å². The molecule has 0 aromatic heterocycles. The maximum atomic E-state index is 12.9. The Bertz CT molecular complexity index is 1900. The number of ether oxygens (including phenoxy) is 9. The number of hydrogen-bond donors (Lipinski definition) is 0. The van der Waals surface area contributed by atoms with Crippen LogP contribution in [0.15, 0.2) is 78.9 Å². The van der Waals surface area contributed by atoms with E-state index in [4.69, 9.17) is 23.7 Å². The number of carbonyl (C=O) groups is 8. The quantitative estimate of drug-likeness (QED) is 0.125. The van der Waals surface area contributed by atoms with E-state index in [1.54, 1.807) is 19.1 Å². The van der Waals surface area contributed by atoms with E-state index in [2.05, 4.69) is 18.9 Å². The van der Waals surface area contributed by atoms with E-state index in [-0.39, 0.29) is 35.0 Å². The van der Waals surface area contributed by atoms with Crippen molar-refractivity contribution in [3.63, 3.8) is 0 Å². The number of carbonyl (C=O) groups excluding carboxylic acids is 8. The highest BCUT2D eigenvalue weighted by Gasteiger charge is 2.37. The molecule has 0 saturated heterocycles. The van der Waals surface area contributed by atoms with Crippen LogP contribution < -0.4 is 18.9 Å². The second-order valence-electron chi connectivity index (χ2n) is 10.3. The molecule has 278 valence electrons. The Labute approximate surface area is 301 Å². The zero-order valence-electron chi connectivity index (χ0n) is 28.8. The van der Waals surface area contributed by atoms with Crippen LogP contribution in [-0.4, -0.2) is 82.3 Å². The number of methoxy groups -OCH3 is 4. The first kappa shape index (κ1) is 40.4. The van der Waals surface area contributed by atoms with Gasteiger partial charge in [0.1, 0.15) is 29.1 Å². The third-order valence-corrected chi connectivity index (χ3v) is 6.81. The summed E-state index contributed by atoms with van der Waals surface area (Å²) >= 11 is 0. The zero-order chi connectivity index (χ0) is 39.1. The van der Waals surface area contributed by atoms with Gasteiger partial charge in [0.15, 0.2) is 6.10 Å². The summed E-state index contributed by atoms with van der Waals surface area (Å²) in [5.41, 5.74) is 0.911. The van der Waals surface area contributed by atoms with Gasteiger partial charge in [0.25, 0.3) is 0 Å². The monoisotopic (exact) mass is 736 g/mol. The Balaban J connectivity index is 2.12. The van der Waals surface area contributed by atoms with Crippen LogP contribution in [0.1, 0.15) is 22.8 Å². The summed E-state index contributed by atoms with van der Waals surface area (Å²) in [6.07, 6.45) is 3.91. The Morgan fingerprint density at radius 2 is 1.02 bits per heavy atom. The second-order valence-corrected chi connectivity index (χ2v) is 10.3. The van der Waals surface area contributed by atoms with Crippen LogP contribution in [0.25, 0.3) is 0 Å². The average molecular weight is 737 g/mol. The Morgan fingerprint density at radius 3 is 1.53 bits per heavy atom. The molecule has 2 aromatic rings. The smallest absolute Gasteiger partial charge is 0.336 e. The SMILES string of the molecule is COC(=O)/C=C/C(=O)Oc1cc(OC(=O)/C=C/C(=O)OC)c2c(c1)O[C@H](c1ccc(C)c(OC(=O)/C=C/C(=O)OC)c1)[C@H](OC(=O)/C=C/C(=O)OC)C2. The van der Waals surface area contributed by atoms with Crippen molar-refractivity contribution < 1.29 is 81.0 Å². The highest BCUT2D eigenvalue weighted by atomic mass is 16.6. The summed E-state index contributed by atoms with van der Waals surface area (Å²) in [4.78, 5) is 96.6. The minimum atomic E-state index is -1.22. The fourth-order valence-electron chi connectivity index (χ4n) is 4.30. The third kappa shape index (κ3) is 12.4. The predicted octanol–water partition coefficient (Wildman–Crippen LogP) is 2.22. The van der Waals surface area contributed by atoms with Crippen molar-refractivity contribution in [3.8, 4) is 23.0 Å². The first-order valence-electron chi connectivity index (χ1n) is 15.1. The van der Waals surface area contributed by atoms with Gasteiger partial charge in [-0.15, -0.1) is 0 Å². The highest BCUT2D eigenvalue weighted by molar-refractivity contribution is 5.94. The van der Waals surface area contributed by atoms with Crippen LogP contribution in [0, 0.1) is 6.92 Å². The van der Waals surface area contributed by atoms with Gasteiger partial charge in [0.05, 0.1) is 28.4 Å². The molecule has 0 saturated carbocycles. The highest BCUT2D eigenvalue weighted by Crippen LogP contribution is 2.44. The van der Waals surface area contributed by atoms with Gasteiger partial charge in [0, 0.05) is 72.7 Å². The molecule has 17 nitrogen and oxygen atoms in total. The summed E-state index contributed by atoms with van der Waals surface area (Å²) < 4.78 is 46.0. The van der Waals surface area contributed by atoms with Crippen LogP contribution in [-0.2, 0) is 68.5 Å². The molecule has 1 aliphatic rings. The maximum absolute atomic E-state index is 12.9. The average Bonchev–Trinajstić information content (AvgIpc) is 3.14. The lowest BCUT2D eigenvalue weighted by atomic mass is 9.93. The Kier molecular flexibility index (Phi) is 14.8. The van der Waals surface area contributed by atoms with Crippen molar-refractivity contribution in [2.75, 3.05) is 28.4 Å². The fraction of sp³-hybridized carbons (Fsp3) is 0.222. The largest absolute Gasteiger partial charge is 0.481 e. The third-order valence-electron chi connectivity index (χ3n) is 6.81. The lowest BCUT2D eigenvalue weighted by Crippen LogP contribution is -2.35. The lowest BCUT2D eigenvalue weighted by Gasteiger charge is -2.34. The zero-order valence-corrected chi connectivity index (χ0v) is 28.8. The van der Waals surface area contributed by atoms with Crippen LogP contribution in [0.4, 0.5) is 0 Å². The van der Waals surface area contributed by atoms with Gasteiger partial charge in [-0.1, -0.05) is 12.1 Å². The summed E-state index contributed by atoms with van der Waals surface area (Å²) in [5.74, 6) is -7.79. The van der Waals surface area contributed by atoms with Crippen LogP contribution in [0.2, 0.25) is 0 Å². The summed E-state index contributed by atoms with van der Waals surface area (Å²) in [5, 5.41) is 0. The van der Waals surface area contributed by atoms with Gasteiger partial charge >= 0.3 is 47.8 Å². The molecule has 3 rings (SSSR count). The molecule has 2 aromatic carbocycles. The number of benzene rings is 2. The normalized spacial score (nSPS) is 14.9. The van der Waals surface area contributed by atoms with Gasteiger partial charge in [-0.3, -0.25) is 0 Å². The Morgan fingerprint density at radius 1 is 0.566 bits per heavy atom. The van der Waals surface area contributed by atoms with E-state index in [9.17, 15) is 38.4 Å². The summed E-state index contributed by atoms with van der Waals surface area (Å²) in [6, 6.07) is 6.97. The van der Waals surface area contributed by atoms with Crippen molar-refractivity contribution in [1.82, 2.24) is 0 Å². The molecular weight excluding hydrogens is 704 g/mol. The molecule has 0 fully saturated rings. The van der Waals surface area contributed by atoms with Crippen molar-refractivity contribution >= 4 is 47.8 Å². The van der Waals surface area contributed by atoms with Crippen molar-refractivity contribution in [2.45, 2.75) is 25.6 Å². The van der Waals surface area contributed by atoms with Gasteiger partial charge < -0.3 is 42.6 Å². The first-order chi connectivity index (χ1) is 25.3. The van der Waals surface area contributed by atoms with Crippen LogP contribution in [0.3, 0.4) is 0 Å². The molecule has 17 heteroatoms. The van der Waals surface area contributed by atoms with Gasteiger partial charge in [-0.05, 0) is 24.1 Å². The molecule has 0 radical (unpaired) electrons. The van der Waals surface area contributed by atoms with Gasteiger partial charge in [-0.25, -0.2) is 38.4 Å². The second kappa shape index (κ2) is 19.4. The molecule has 0 amide bonds. The first-order valence-corrected chi connectivity index (χ1v) is 15.1. The minimum absolute atomic E-state index is 0.0328. The van der Waals surface area contributed by atoms with Crippen molar-refractivity contribution in [1.29, 1.82) is 0 Å².